The Morgan fingerprint density at radius 3 is 2.14 bits per heavy atom. The molecule has 118 valence electrons. The summed E-state index contributed by atoms with van der Waals surface area (Å²) in [4.78, 5) is 0. The van der Waals surface area contributed by atoms with E-state index in [1.54, 1.807) is 13.2 Å². The van der Waals surface area contributed by atoms with Gasteiger partial charge in [0.15, 0.2) is 0 Å². The number of methoxy groups -OCH3 is 1. The lowest BCUT2D eigenvalue weighted by Gasteiger charge is -2.57. The van der Waals surface area contributed by atoms with Crippen LogP contribution in [0.1, 0.15) is 44.1 Å². The Morgan fingerprint density at radius 2 is 1.64 bits per heavy atom. The van der Waals surface area contributed by atoms with E-state index in [1.165, 1.54) is 44.1 Å². The molecule has 1 aromatic carbocycles. The maximum Gasteiger partial charge on any atom is 0.707 e. The third-order valence-electron chi connectivity index (χ3n) is 6.02. The molecule has 0 aromatic heterocycles. The zero-order valence-corrected chi connectivity index (χ0v) is 13.0. The van der Waals surface area contributed by atoms with Crippen LogP contribution in [0.2, 0.25) is 0 Å². The second-order valence-electron chi connectivity index (χ2n) is 7.50. The van der Waals surface area contributed by atoms with E-state index in [0.29, 0.717) is 5.75 Å². The lowest BCUT2D eigenvalue weighted by atomic mass is 9.48. The van der Waals surface area contributed by atoms with Gasteiger partial charge in [0.2, 0.25) is 0 Å². The molecule has 5 rings (SSSR count). The lowest BCUT2D eigenvalue weighted by Crippen LogP contribution is -2.48. The second kappa shape index (κ2) is 5.17. The highest BCUT2D eigenvalue weighted by molar-refractivity contribution is 6.33. The van der Waals surface area contributed by atoms with Crippen molar-refractivity contribution in [3.05, 3.63) is 23.8 Å². The Kier molecular flexibility index (Phi) is 3.38. The molecule has 4 bridgehead atoms. The number of ether oxygens (including phenoxy) is 1. The maximum atomic E-state index is 8.96. The average molecular weight is 302 g/mol. The predicted octanol–water partition coefficient (Wildman–Crippen LogP) is 2.51. The molecule has 2 N–H and O–H groups in total. The van der Waals surface area contributed by atoms with Gasteiger partial charge in [0.05, 0.1) is 7.11 Å². The second-order valence-corrected chi connectivity index (χ2v) is 7.50. The van der Waals surface area contributed by atoms with Gasteiger partial charge in [-0.3, -0.25) is 0 Å². The predicted molar refractivity (Wildman–Crippen MR) is 83.7 cm³/mol. The van der Waals surface area contributed by atoms with Gasteiger partial charge in [-0.1, -0.05) is 6.07 Å². The first-order chi connectivity index (χ1) is 10.6. The summed E-state index contributed by atoms with van der Waals surface area (Å²) < 4.78 is 10.6. The summed E-state index contributed by atoms with van der Waals surface area (Å²) >= 11 is 0. The monoisotopic (exact) mass is 302 g/mol. The van der Waals surface area contributed by atoms with Crippen molar-refractivity contribution in [1.82, 2.24) is 0 Å². The molecule has 4 aliphatic rings. The SMILES string of the molecule is COc1cc(OB(O)O)ccc1C12CC3CC(CC(C3)C1)C2. The van der Waals surface area contributed by atoms with Crippen LogP contribution >= 0.6 is 0 Å². The molecular weight excluding hydrogens is 279 g/mol. The zero-order chi connectivity index (χ0) is 15.3. The van der Waals surface area contributed by atoms with Crippen molar-refractivity contribution < 1.29 is 19.4 Å². The van der Waals surface area contributed by atoms with E-state index in [1.807, 2.05) is 6.07 Å². The summed E-state index contributed by atoms with van der Waals surface area (Å²) in [6.07, 6.45) is 8.08. The van der Waals surface area contributed by atoms with Gasteiger partial charge >= 0.3 is 7.32 Å². The molecule has 0 radical (unpaired) electrons. The van der Waals surface area contributed by atoms with E-state index in [4.69, 9.17) is 19.4 Å². The van der Waals surface area contributed by atoms with Crippen LogP contribution in [0.15, 0.2) is 18.2 Å². The van der Waals surface area contributed by atoms with Crippen molar-refractivity contribution in [1.29, 1.82) is 0 Å². The van der Waals surface area contributed by atoms with Gasteiger partial charge in [0.25, 0.3) is 0 Å². The molecule has 5 heteroatoms. The molecule has 0 heterocycles. The summed E-state index contributed by atoms with van der Waals surface area (Å²) in [6.45, 7) is 0. The van der Waals surface area contributed by atoms with Crippen LogP contribution in [0.3, 0.4) is 0 Å². The molecule has 0 spiro atoms. The van der Waals surface area contributed by atoms with E-state index >= 15 is 0 Å². The minimum atomic E-state index is -1.80. The highest BCUT2D eigenvalue weighted by Crippen LogP contribution is 2.62. The molecule has 0 unspecified atom stereocenters. The van der Waals surface area contributed by atoms with Gasteiger partial charge in [0, 0.05) is 11.6 Å². The molecule has 4 fully saturated rings. The van der Waals surface area contributed by atoms with Crippen LogP contribution in [0, 0.1) is 17.8 Å². The van der Waals surface area contributed by atoms with Gasteiger partial charge < -0.3 is 19.4 Å². The summed E-state index contributed by atoms with van der Waals surface area (Å²) in [5.74, 6) is 3.89. The fourth-order valence-electron chi connectivity index (χ4n) is 5.75. The molecule has 0 atom stereocenters. The van der Waals surface area contributed by atoms with Crippen molar-refractivity contribution >= 4 is 7.32 Å². The highest BCUT2D eigenvalue weighted by atomic mass is 16.6. The van der Waals surface area contributed by atoms with E-state index in [2.05, 4.69) is 6.07 Å². The molecule has 4 aliphatic carbocycles. The smallest absolute Gasteiger partial charge is 0.512 e. The van der Waals surface area contributed by atoms with Crippen molar-refractivity contribution in [3.8, 4) is 11.5 Å². The Morgan fingerprint density at radius 1 is 1.05 bits per heavy atom. The Balaban J connectivity index is 1.70. The van der Waals surface area contributed by atoms with Gasteiger partial charge in [-0.2, -0.15) is 0 Å². The highest BCUT2D eigenvalue weighted by Gasteiger charge is 2.52. The topological polar surface area (TPSA) is 58.9 Å². The molecule has 0 amide bonds. The van der Waals surface area contributed by atoms with Gasteiger partial charge in [0.1, 0.15) is 11.5 Å². The van der Waals surface area contributed by atoms with Gasteiger partial charge in [-0.15, -0.1) is 0 Å². The summed E-state index contributed by atoms with van der Waals surface area (Å²) in [6, 6.07) is 5.69. The lowest BCUT2D eigenvalue weighted by molar-refractivity contribution is -0.00616. The van der Waals surface area contributed by atoms with Gasteiger partial charge in [-0.05, 0) is 67.8 Å². The van der Waals surface area contributed by atoms with Crippen molar-refractivity contribution in [3.63, 3.8) is 0 Å². The third kappa shape index (κ3) is 2.31. The summed E-state index contributed by atoms with van der Waals surface area (Å²) in [5, 5.41) is 17.9. The normalized spacial score (nSPS) is 35.5. The molecule has 0 aliphatic heterocycles. The van der Waals surface area contributed by atoms with Crippen LogP contribution < -0.4 is 9.39 Å². The number of hydrogen-bond acceptors (Lipinski definition) is 4. The Labute approximate surface area is 131 Å². The van der Waals surface area contributed by atoms with Crippen LogP contribution in [0.5, 0.6) is 11.5 Å². The zero-order valence-electron chi connectivity index (χ0n) is 13.0. The van der Waals surface area contributed by atoms with E-state index < -0.39 is 7.32 Å². The largest absolute Gasteiger partial charge is 0.707 e. The molecule has 22 heavy (non-hydrogen) atoms. The van der Waals surface area contributed by atoms with Crippen molar-refractivity contribution in [2.75, 3.05) is 7.11 Å². The first kappa shape index (κ1) is 14.4. The Bertz CT molecular complexity index is 536. The first-order valence-electron chi connectivity index (χ1n) is 8.29. The molecule has 4 saturated carbocycles. The van der Waals surface area contributed by atoms with E-state index in [0.717, 1.165) is 23.5 Å². The van der Waals surface area contributed by atoms with Crippen LogP contribution in [0.4, 0.5) is 0 Å². The Hall–Kier alpha value is -1.20. The van der Waals surface area contributed by atoms with Crippen LogP contribution in [0.25, 0.3) is 0 Å². The van der Waals surface area contributed by atoms with Crippen LogP contribution in [-0.4, -0.2) is 24.5 Å². The van der Waals surface area contributed by atoms with Crippen molar-refractivity contribution in [2.24, 2.45) is 17.8 Å². The first-order valence-corrected chi connectivity index (χ1v) is 8.29. The third-order valence-corrected chi connectivity index (χ3v) is 6.02. The number of benzene rings is 1. The molecule has 0 saturated heterocycles. The fraction of sp³-hybridized carbons (Fsp3) is 0.647. The summed E-state index contributed by atoms with van der Waals surface area (Å²) in [5.41, 5.74) is 1.55. The van der Waals surface area contributed by atoms with Crippen LogP contribution in [-0.2, 0) is 5.41 Å². The standard InChI is InChI=1S/C17H23BO4/c1-21-16-7-14(22-18(19)20)2-3-15(16)17-8-11-4-12(9-17)6-13(5-11)10-17/h2-3,7,11-13,19-20H,4-6,8-10H2,1H3. The minimum absolute atomic E-state index is 0.260. The van der Waals surface area contributed by atoms with Crippen molar-refractivity contribution in [2.45, 2.75) is 43.9 Å². The maximum absolute atomic E-state index is 8.96. The molecule has 4 nitrogen and oxygen atoms in total. The number of rotatable bonds is 4. The van der Waals surface area contributed by atoms with E-state index in [-0.39, 0.29) is 5.41 Å². The average Bonchev–Trinajstić information content (AvgIpc) is 2.44. The minimum Gasteiger partial charge on any atom is -0.512 e. The fourth-order valence-corrected chi connectivity index (χ4v) is 5.75. The molecular formula is C17H23BO4. The quantitative estimate of drug-likeness (QED) is 0.839. The summed E-state index contributed by atoms with van der Waals surface area (Å²) in [7, 11) is -0.117. The number of hydrogen-bond donors (Lipinski definition) is 2. The molecule has 1 aromatic rings. The van der Waals surface area contributed by atoms with Gasteiger partial charge in [-0.25, -0.2) is 0 Å². The van der Waals surface area contributed by atoms with E-state index in [9.17, 15) is 0 Å².